The average Bonchev–Trinajstić information content (AvgIpc) is 2.82. The van der Waals surface area contributed by atoms with Crippen molar-refractivity contribution in [3.63, 3.8) is 0 Å². The number of hydrogen-bond donors (Lipinski definition) is 1. The largest absolute Gasteiger partial charge is 0.478 e. The van der Waals surface area contributed by atoms with Crippen LogP contribution in [0.5, 0.6) is 0 Å². The number of piperidine rings is 3. The van der Waals surface area contributed by atoms with Crippen molar-refractivity contribution < 1.29 is 14.7 Å². The second-order valence-electron chi connectivity index (χ2n) is 9.52. The molecule has 32 heavy (non-hydrogen) atoms. The second-order valence-corrected chi connectivity index (χ2v) is 9.52. The smallest absolute Gasteiger partial charge is 0.339 e. The van der Waals surface area contributed by atoms with Crippen LogP contribution in [0.25, 0.3) is 11.3 Å². The fourth-order valence-corrected chi connectivity index (χ4v) is 6.24. The molecule has 3 aliphatic heterocycles. The van der Waals surface area contributed by atoms with Gasteiger partial charge in [0.1, 0.15) is 11.4 Å². The van der Waals surface area contributed by atoms with Crippen LogP contribution < -0.4 is 4.90 Å². The summed E-state index contributed by atoms with van der Waals surface area (Å²) in [6, 6.07) is 13.9. The van der Waals surface area contributed by atoms with Crippen molar-refractivity contribution in [2.24, 2.45) is 11.8 Å². The van der Waals surface area contributed by atoms with Gasteiger partial charge in [-0.25, -0.2) is 9.78 Å². The number of aromatic nitrogens is 1. The van der Waals surface area contributed by atoms with Crippen LogP contribution in [-0.2, 0) is 4.79 Å². The van der Waals surface area contributed by atoms with E-state index in [1.54, 1.807) is 12.1 Å². The molecule has 4 atom stereocenters. The highest BCUT2D eigenvalue weighted by Gasteiger charge is 2.49. The van der Waals surface area contributed by atoms with Crippen LogP contribution in [-0.4, -0.2) is 52.0 Å². The van der Waals surface area contributed by atoms with Crippen molar-refractivity contribution in [3.05, 3.63) is 48.0 Å². The Labute approximate surface area is 189 Å². The summed E-state index contributed by atoms with van der Waals surface area (Å²) < 4.78 is 0. The molecule has 1 aromatic heterocycles. The van der Waals surface area contributed by atoms with Crippen molar-refractivity contribution >= 4 is 17.7 Å². The number of carbonyl (C=O) groups excluding carboxylic acids is 1. The van der Waals surface area contributed by atoms with Crippen LogP contribution >= 0.6 is 0 Å². The molecule has 6 nitrogen and oxygen atoms in total. The maximum absolute atomic E-state index is 12.9. The highest BCUT2D eigenvalue weighted by atomic mass is 16.4. The van der Waals surface area contributed by atoms with E-state index >= 15 is 0 Å². The van der Waals surface area contributed by atoms with Crippen LogP contribution in [0.3, 0.4) is 0 Å². The van der Waals surface area contributed by atoms with E-state index in [1.165, 1.54) is 0 Å². The van der Waals surface area contributed by atoms with Crippen molar-refractivity contribution in [2.45, 2.75) is 57.5 Å². The molecule has 168 valence electrons. The molecule has 1 amide bonds. The zero-order valence-electron chi connectivity index (χ0n) is 18.6. The Bertz CT molecular complexity index is 1010. The number of nitrogens with zero attached hydrogens (tertiary/aromatic N) is 3. The minimum atomic E-state index is -0.942. The Hall–Kier alpha value is -2.89. The van der Waals surface area contributed by atoms with Crippen molar-refractivity contribution in [1.82, 2.24) is 9.88 Å². The first-order valence-corrected chi connectivity index (χ1v) is 11.9. The maximum Gasteiger partial charge on any atom is 0.339 e. The lowest BCUT2D eigenvalue weighted by atomic mass is 9.71. The SMILES string of the molecule is CCC[C@H]1[C@H]2C[C@H](CN(c3nc(-c4ccccc4)ccc3C(=O)O)C2)[C@@H]2CCCC(=O)N21. The van der Waals surface area contributed by atoms with E-state index in [0.717, 1.165) is 56.5 Å². The van der Waals surface area contributed by atoms with Crippen LogP contribution in [0.1, 0.15) is 55.8 Å². The van der Waals surface area contributed by atoms with E-state index in [2.05, 4.69) is 16.7 Å². The van der Waals surface area contributed by atoms with E-state index < -0.39 is 5.97 Å². The summed E-state index contributed by atoms with van der Waals surface area (Å²) in [5, 5.41) is 9.90. The molecule has 0 unspecified atom stereocenters. The van der Waals surface area contributed by atoms with Gasteiger partial charge in [-0.15, -0.1) is 0 Å². The summed E-state index contributed by atoms with van der Waals surface area (Å²) >= 11 is 0. The summed E-state index contributed by atoms with van der Waals surface area (Å²) in [5.41, 5.74) is 2.03. The number of carbonyl (C=O) groups is 2. The predicted molar refractivity (Wildman–Crippen MR) is 124 cm³/mol. The van der Waals surface area contributed by atoms with E-state index in [-0.39, 0.29) is 17.6 Å². The van der Waals surface area contributed by atoms with Crippen LogP contribution in [0.2, 0.25) is 0 Å². The topological polar surface area (TPSA) is 73.7 Å². The fraction of sp³-hybridized carbons (Fsp3) is 0.500. The summed E-state index contributed by atoms with van der Waals surface area (Å²) in [6.45, 7) is 3.70. The molecule has 1 aromatic carbocycles. The number of benzene rings is 1. The molecule has 2 bridgehead atoms. The third-order valence-corrected chi connectivity index (χ3v) is 7.56. The lowest BCUT2D eigenvalue weighted by molar-refractivity contribution is -0.149. The first kappa shape index (κ1) is 21.0. The number of amides is 1. The Morgan fingerprint density at radius 2 is 1.91 bits per heavy atom. The second kappa shape index (κ2) is 8.57. The van der Waals surface area contributed by atoms with Gasteiger partial charge < -0.3 is 14.9 Å². The molecule has 0 radical (unpaired) electrons. The summed E-state index contributed by atoms with van der Waals surface area (Å²) in [7, 11) is 0. The highest BCUT2D eigenvalue weighted by Crippen LogP contribution is 2.44. The third-order valence-electron chi connectivity index (χ3n) is 7.56. The molecule has 3 fully saturated rings. The molecular weight excluding hydrogens is 402 g/mol. The van der Waals surface area contributed by atoms with E-state index in [1.807, 2.05) is 30.3 Å². The maximum atomic E-state index is 12.9. The Balaban J connectivity index is 1.52. The van der Waals surface area contributed by atoms with Gasteiger partial charge in [-0.05, 0) is 49.7 Å². The lowest BCUT2D eigenvalue weighted by Crippen LogP contribution is -2.65. The third kappa shape index (κ3) is 3.65. The Kier molecular flexibility index (Phi) is 5.62. The number of pyridine rings is 1. The molecule has 0 saturated carbocycles. The number of carboxylic acids is 1. The van der Waals surface area contributed by atoms with Gasteiger partial charge in [-0.1, -0.05) is 43.7 Å². The summed E-state index contributed by atoms with van der Waals surface area (Å²) in [4.78, 5) is 34.2. The zero-order valence-corrected chi connectivity index (χ0v) is 18.6. The quantitative estimate of drug-likeness (QED) is 0.754. The fourth-order valence-electron chi connectivity index (χ4n) is 6.24. The van der Waals surface area contributed by atoms with Crippen LogP contribution in [0.4, 0.5) is 5.82 Å². The van der Waals surface area contributed by atoms with Crippen LogP contribution in [0.15, 0.2) is 42.5 Å². The highest BCUT2D eigenvalue weighted by molar-refractivity contribution is 5.94. The minimum Gasteiger partial charge on any atom is -0.478 e. The Morgan fingerprint density at radius 3 is 2.66 bits per heavy atom. The number of fused-ring (bicyclic) bond motifs is 4. The van der Waals surface area contributed by atoms with Gasteiger partial charge in [-0.2, -0.15) is 0 Å². The predicted octanol–water partition coefficient (Wildman–Crippen LogP) is 4.45. The van der Waals surface area contributed by atoms with Gasteiger partial charge in [0.2, 0.25) is 5.91 Å². The molecule has 0 spiro atoms. The molecule has 0 aliphatic carbocycles. The molecule has 6 heteroatoms. The van der Waals surface area contributed by atoms with Gasteiger partial charge in [0, 0.05) is 37.2 Å². The van der Waals surface area contributed by atoms with Gasteiger partial charge in [0.25, 0.3) is 0 Å². The van der Waals surface area contributed by atoms with E-state index in [0.29, 0.717) is 30.0 Å². The molecular formula is C26H31N3O3. The molecule has 2 aromatic rings. The molecule has 3 aliphatic rings. The van der Waals surface area contributed by atoms with Crippen LogP contribution in [0, 0.1) is 11.8 Å². The van der Waals surface area contributed by atoms with Crippen molar-refractivity contribution in [2.75, 3.05) is 18.0 Å². The Morgan fingerprint density at radius 1 is 1.12 bits per heavy atom. The lowest BCUT2D eigenvalue weighted by Gasteiger charge is -2.57. The van der Waals surface area contributed by atoms with Gasteiger partial charge in [0.05, 0.1) is 5.69 Å². The summed E-state index contributed by atoms with van der Waals surface area (Å²) in [5.74, 6) is 0.672. The molecule has 3 saturated heterocycles. The van der Waals surface area contributed by atoms with E-state index in [9.17, 15) is 14.7 Å². The normalized spacial score (nSPS) is 27.2. The monoisotopic (exact) mass is 433 g/mol. The number of carboxylic acid groups (broad SMARTS) is 1. The van der Waals surface area contributed by atoms with Crippen molar-refractivity contribution in [1.29, 1.82) is 0 Å². The number of rotatable bonds is 5. The molecule has 1 N–H and O–H groups in total. The van der Waals surface area contributed by atoms with Gasteiger partial charge >= 0.3 is 5.97 Å². The average molecular weight is 434 g/mol. The number of hydrogen-bond acceptors (Lipinski definition) is 4. The first-order chi connectivity index (χ1) is 15.6. The standard InChI is InChI=1S/C26H31N3O3/c1-2-7-22-18-14-19(23-10-6-11-24(30)29(22)23)16-28(15-18)25-20(26(31)32)12-13-21(27-25)17-8-4-3-5-9-17/h3-5,8-9,12-13,18-19,22-23H,2,6-7,10-11,14-16H2,1H3,(H,31,32)/t18-,19+,22-,23-/m0/s1. The summed E-state index contributed by atoms with van der Waals surface area (Å²) in [6.07, 6.45) is 5.86. The number of anilines is 1. The zero-order chi connectivity index (χ0) is 22.2. The van der Waals surface area contributed by atoms with Gasteiger partial charge in [0.15, 0.2) is 0 Å². The molecule has 4 heterocycles. The van der Waals surface area contributed by atoms with Gasteiger partial charge in [-0.3, -0.25) is 4.79 Å². The number of aromatic carboxylic acids is 1. The van der Waals surface area contributed by atoms with E-state index in [4.69, 9.17) is 4.98 Å². The first-order valence-electron chi connectivity index (χ1n) is 11.9. The van der Waals surface area contributed by atoms with Crippen molar-refractivity contribution in [3.8, 4) is 11.3 Å². The molecule has 5 rings (SSSR count). The minimum absolute atomic E-state index is 0.252.